The highest BCUT2D eigenvalue weighted by Crippen LogP contribution is 2.44. The summed E-state index contributed by atoms with van der Waals surface area (Å²) >= 11 is 0. The zero-order valence-corrected chi connectivity index (χ0v) is 16.1. The van der Waals surface area contributed by atoms with Crippen LogP contribution in [0.4, 0.5) is 10.6 Å². The number of carbonyl (C=O) groups excluding carboxylic acids is 1. The first kappa shape index (κ1) is 18.3. The van der Waals surface area contributed by atoms with Crippen LogP contribution in [-0.2, 0) is 4.74 Å². The molecule has 7 heteroatoms. The van der Waals surface area contributed by atoms with E-state index in [1.807, 2.05) is 24.3 Å². The summed E-state index contributed by atoms with van der Waals surface area (Å²) in [7, 11) is 0. The molecule has 1 N–H and O–H groups in total. The molecule has 150 valence electrons. The fourth-order valence-electron chi connectivity index (χ4n) is 4.07. The quantitative estimate of drug-likeness (QED) is 0.692. The minimum absolute atomic E-state index is 0.0322. The van der Waals surface area contributed by atoms with E-state index < -0.39 is 12.1 Å². The Morgan fingerprint density at radius 3 is 2.23 bits per heavy atom. The van der Waals surface area contributed by atoms with Crippen LogP contribution >= 0.6 is 0 Å². The Morgan fingerprint density at radius 2 is 1.63 bits per heavy atom. The summed E-state index contributed by atoms with van der Waals surface area (Å²) in [6.07, 6.45) is 2.26. The maximum atomic E-state index is 13.0. The van der Waals surface area contributed by atoms with Crippen LogP contribution in [0.25, 0.3) is 11.1 Å². The van der Waals surface area contributed by atoms with Crippen LogP contribution < -0.4 is 4.90 Å². The molecule has 2 aromatic carbocycles. The van der Waals surface area contributed by atoms with Crippen LogP contribution in [0.3, 0.4) is 0 Å². The van der Waals surface area contributed by atoms with Gasteiger partial charge in [0.25, 0.3) is 0 Å². The van der Waals surface area contributed by atoms with E-state index in [1.165, 1.54) is 17.2 Å². The summed E-state index contributed by atoms with van der Waals surface area (Å²) in [6.45, 7) is 0.165. The number of amides is 1. The minimum Gasteiger partial charge on any atom is -0.478 e. The van der Waals surface area contributed by atoms with Gasteiger partial charge in [0.2, 0.25) is 0 Å². The van der Waals surface area contributed by atoms with E-state index in [9.17, 15) is 14.7 Å². The molecule has 0 aliphatic heterocycles. The normalized spacial score (nSPS) is 14.7. The molecule has 1 aromatic heterocycles. The fourth-order valence-corrected chi connectivity index (χ4v) is 4.07. The fraction of sp³-hybridized carbons (Fsp3) is 0.217. The number of anilines is 1. The Morgan fingerprint density at radius 1 is 1.00 bits per heavy atom. The Balaban J connectivity index is 1.41. The lowest BCUT2D eigenvalue weighted by Crippen LogP contribution is -2.36. The first-order valence-electron chi connectivity index (χ1n) is 9.84. The van der Waals surface area contributed by atoms with E-state index in [2.05, 4.69) is 34.5 Å². The number of benzene rings is 2. The van der Waals surface area contributed by atoms with Crippen LogP contribution in [0.15, 0.2) is 60.8 Å². The van der Waals surface area contributed by atoms with Crippen LogP contribution in [0.2, 0.25) is 0 Å². The van der Waals surface area contributed by atoms with Crippen LogP contribution in [0, 0.1) is 0 Å². The maximum absolute atomic E-state index is 13.0. The minimum atomic E-state index is -1.16. The standard InChI is InChI=1S/C23H19N3O4/c27-22(28)19-11-12-24-25-21(19)26(14-9-10-14)23(29)30-13-20-17-7-3-1-5-15(17)16-6-2-4-8-18(16)20/h1-8,11-12,14,20H,9-10,13H2,(H,27,28). The van der Waals surface area contributed by atoms with Gasteiger partial charge in [0.1, 0.15) is 12.2 Å². The molecule has 2 aliphatic carbocycles. The molecule has 1 amide bonds. The summed E-state index contributed by atoms with van der Waals surface area (Å²) in [5, 5.41) is 17.2. The third-order valence-electron chi connectivity index (χ3n) is 5.60. The van der Waals surface area contributed by atoms with Crippen LogP contribution in [-0.4, -0.2) is 40.0 Å². The van der Waals surface area contributed by atoms with Crippen molar-refractivity contribution in [2.24, 2.45) is 0 Å². The van der Waals surface area contributed by atoms with Crippen molar-refractivity contribution in [1.29, 1.82) is 0 Å². The molecule has 3 aromatic rings. The topological polar surface area (TPSA) is 92.6 Å². The SMILES string of the molecule is O=C(O)c1ccnnc1N(C(=O)OCC1c2ccccc2-c2ccccc21)C1CC1. The second kappa shape index (κ2) is 7.26. The van der Waals surface area contributed by atoms with Crippen molar-refractivity contribution < 1.29 is 19.4 Å². The molecule has 0 saturated heterocycles. The van der Waals surface area contributed by atoms with Gasteiger partial charge in [-0.1, -0.05) is 48.5 Å². The average Bonchev–Trinajstić information content (AvgIpc) is 3.55. The molecular formula is C23H19N3O4. The van der Waals surface area contributed by atoms with E-state index in [-0.39, 0.29) is 29.9 Å². The predicted molar refractivity (Wildman–Crippen MR) is 110 cm³/mol. The third-order valence-corrected chi connectivity index (χ3v) is 5.60. The summed E-state index contributed by atoms with van der Waals surface area (Å²) in [6, 6.07) is 17.4. The lowest BCUT2D eigenvalue weighted by molar-refractivity contribution is 0.0697. The Bertz CT molecular complexity index is 1100. The second-order valence-corrected chi connectivity index (χ2v) is 7.48. The number of nitrogens with zero attached hydrogens (tertiary/aromatic N) is 3. The number of hydrogen-bond donors (Lipinski definition) is 1. The van der Waals surface area contributed by atoms with Gasteiger partial charge < -0.3 is 9.84 Å². The summed E-state index contributed by atoms with van der Waals surface area (Å²) in [4.78, 5) is 25.9. The molecule has 0 atom stereocenters. The van der Waals surface area contributed by atoms with Gasteiger partial charge in [-0.3, -0.25) is 4.90 Å². The monoisotopic (exact) mass is 401 g/mol. The molecule has 1 heterocycles. The van der Waals surface area contributed by atoms with Crippen molar-refractivity contribution in [2.45, 2.75) is 24.8 Å². The second-order valence-electron chi connectivity index (χ2n) is 7.48. The zero-order chi connectivity index (χ0) is 20.7. The lowest BCUT2D eigenvalue weighted by atomic mass is 9.98. The number of ether oxygens (including phenoxy) is 1. The van der Waals surface area contributed by atoms with Crippen LogP contribution in [0.5, 0.6) is 0 Å². The highest BCUT2D eigenvalue weighted by atomic mass is 16.6. The first-order chi connectivity index (χ1) is 14.6. The Kier molecular flexibility index (Phi) is 4.43. The van der Waals surface area contributed by atoms with Gasteiger partial charge in [0, 0.05) is 12.0 Å². The van der Waals surface area contributed by atoms with Crippen LogP contribution in [0.1, 0.15) is 40.2 Å². The van der Waals surface area contributed by atoms with Gasteiger partial charge in [-0.25, -0.2) is 9.59 Å². The zero-order valence-electron chi connectivity index (χ0n) is 16.1. The largest absolute Gasteiger partial charge is 0.478 e. The smallest absolute Gasteiger partial charge is 0.415 e. The van der Waals surface area contributed by atoms with Gasteiger partial charge in [-0.15, -0.1) is 5.10 Å². The van der Waals surface area contributed by atoms with Crippen molar-refractivity contribution in [3.8, 4) is 11.1 Å². The Labute approximate surface area is 172 Å². The number of hydrogen-bond acceptors (Lipinski definition) is 5. The lowest BCUT2D eigenvalue weighted by Gasteiger charge is -2.23. The molecule has 1 saturated carbocycles. The molecule has 1 fully saturated rings. The number of fused-ring (bicyclic) bond motifs is 3. The molecule has 2 aliphatic rings. The first-order valence-corrected chi connectivity index (χ1v) is 9.84. The van der Waals surface area contributed by atoms with Crippen molar-refractivity contribution in [1.82, 2.24) is 10.2 Å². The van der Waals surface area contributed by atoms with Gasteiger partial charge in [0.05, 0.1) is 6.20 Å². The molecule has 0 bridgehead atoms. The molecule has 0 spiro atoms. The summed E-state index contributed by atoms with van der Waals surface area (Å²) in [5.41, 5.74) is 4.47. The van der Waals surface area contributed by atoms with Crippen molar-refractivity contribution in [3.05, 3.63) is 77.5 Å². The van der Waals surface area contributed by atoms with Gasteiger partial charge in [-0.2, -0.15) is 5.10 Å². The summed E-state index contributed by atoms with van der Waals surface area (Å²) < 4.78 is 5.72. The number of aromatic nitrogens is 2. The molecule has 7 nitrogen and oxygen atoms in total. The molecule has 30 heavy (non-hydrogen) atoms. The maximum Gasteiger partial charge on any atom is 0.415 e. The highest BCUT2D eigenvalue weighted by Gasteiger charge is 2.39. The van der Waals surface area contributed by atoms with E-state index >= 15 is 0 Å². The molecule has 0 unspecified atom stereocenters. The number of carboxylic acids is 1. The van der Waals surface area contributed by atoms with E-state index in [0.29, 0.717) is 0 Å². The van der Waals surface area contributed by atoms with Crippen molar-refractivity contribution in [2.75, 3.05) is 11.5 Å². The highest BCUT2D eigenvalue weighted by molar-refractivity contribution is 5.99. The van der Waals surface area contributed by atoms with E-state index in [4.69, 9.17) is 4.74 Å². The average molecular weight is 401 g/mol. The predicted octanol–water partition coefficient (Wildman–Crippen LogP) is 4.09. The van der Waals surface area contributed by atoms with Gasteiger partial charge in [-0.05, 0) is 41.2 Å². The van der Waals surface area contributed by atoms with E-state index in [1.54, 1.807) is 0 Å². The molecule has 0 radical (unpaired) electrons. The number of rotatable bonds is 5. The number of aromatic carboxylic acids is 1. The van der Waals surface area contributed by atoms with Gasteiger partial charge >= 0.3 is 12.1 Å². The molecular weight excluding hydrogens is 382 g/mol. The number of carbonyl (C=O) groups is 2. The number of carboxylic acid groups (broad SMARTS) is 1. The summed E-state index contributed by atoms with van der Waals surface area (Å²) in [5.74, 6) is -1.19. The third kappa shape index (κ3) is 3.08. The van der Waals surface area contributed by atoms with E-state index in [0.717, 1.165) is 35.1 Å². The van der Waals surface area contributed by atoms with Crippen molar-refractivity contribution >= 4 is 17.9 Å². The Hall–Kier alpha value is -3.74. The van der Waals surface area contributed by atoms with Crippen molar-refractivity contribution in [3.63, 3.8) is 0 Å². The van der Waals surface area contributed by atoms with Gasteiger partial charge in [0.15, 0.2) is 5.82 Å². The molecule has 5 rings (SSSR count).